The summed E-state index contributed by atoms with van der Waals surface area (Å²) in [4.78, 5) is 11.1. The van der Waals surface area contributed by atoms with Gasteiger partial charge < -0.3 is 4.74 Å². The number of nitrogens with two attached hydrogens (primary N) is 1. The highest BCUT2D eigenvalue weighted by Crippen LogP contribution is 2.25. The molecular weight excluding hydrogens is 216 g/mol. The van der Waals surface area contributed by atoms with E-state index in [-0.39, 0.29) is 5.91 Å². The molecule has 0 fully saturated rings. The number of amides is 1. The number of hydrogen-bond acceptors (Lipinski definition) is 3. The molecule has 1 aromatic carbocycles. The van der Waals surface area contributed by atoms with Crippen molar-refractivity contribution >= 4 is 5.91 Å². The van der Waals surface area contributed by atoms with E-state index in [1.54, 1.807) is 7.11 Å². The molecule has 0 unspecified atom stereocenters. The second-order valence-corrected chi connectivity index (χ2v) is 4.29. The number of nitrogens with one attached hydrogen (secondary N) is 1. The van der Waals surface area contributed by atoms with Gasteiger partial charge in [0.25, 0.3) is 0 Å². The number of aryl methyl sites for hydroxylation is 1. The molecule has 0 saturated heterocycles. The Hall–Kier alpha value is -1.55. The smallest absolute Gasteiger partial charge is 0.234 e. The third-order valence-electron chi connectivity index (χ3n) is 2.76. The number of carbonyl (C=O) groups excluding carboxylic acids is 1. The van der Waals surface area contributed by atoms with Crippen molar-refractivity contribution in [1.29, 1.82) is 0 Å². The summed E-state index contributed by atoms with van der Waals surface area (Å²) in [6, 6.07) is 6.11. The number of rotatable bonds is 5. The number of benzene rings is 1. The molecule has 0 heterocycles. The zero-order valence-electron chi connectivity index (χ0n) is 10.6. The van der Waals surface area contributed by atoms with Gasteiger partial charge in [-0.2, -0.15) is 0 Å². The minimum Gasteiger partial charge on any atom is -0.496 e. The highest BCUT2D eigenvalue weighted by Gasteiger charge is 2.08. The molecule has 0 saturated carbocycles. The fourth-order valence-electron chi connectivity index (χ4n) is 1.65. The lowest BCUT2D eigenvalue weighted by atomic mass is 9.99. The maximum atomic E-state index is 11.1. The first kappa shape index (κ1) is 13.5. The van der Waals surface area contributed by atoms with Crippen molar-refractivity contribution < 1.29 is 9.53 Å². The molecule has 17 heavy (non-hydrogen) atoms. The first-order valence-electron chi connectivity index (χ1n) is 5.74. The zero-order valence-corrected chi connectivity index (χ0v) is 10.6. The quantitative estimate of drug-likeness (QED) is 0.465. The molecule has 4 heteroatoms. The predicted octanol–water partition coefficient (Wildman–Crippen LogP) is 1.74. The van der Waals surface area contributed by atoms with Crippen molar-refractivity contribution in [2.75, 3.05) is 7.11 Å². The van der Waals surface area contributed by atoms with Crippen LogP contribution in [-0.4, -0.2) is 13.0 Å². The second kappa shape index (κ2) is 6.25. The van der Waals surface area contributed by atoms with Crippen LogP contribution in [0.25, 0.3) is 0 Å². The fraction of sp³-hybridized carbons (Fsp3) is 0.462. The second-order valence-electron chi connectivity index (χ2n) is 4.29. The monoisotopic (exact) mass is 236 g/mol. The van der Waals surface area contributed by atoms with Gasteiger partial charge in [-0.05, 0) is 29.5 Å². The molecule has 1 rings (SSSR count). The van der Waals surface area contributed by atoms with Crippen LogP contribution in [0.4, 0.5) is 0 Å². The molecule has 1 aromatic rings. The van der Waals surface area contributed by atoms with Gasteiger partial charge in [-0.1, -0.05) is 26.0 Å². The lowest BCUT2D eigenvalue weighted by molar-refractivity contribution is -0.121. The normalized spacial score (nSPS) is 10.4. The van der Waals surface area contributed by atoms with Gasteiger partial charge in [0, 0.05) is 6.42 Å². The number of hydrogen-bond donors (Lipinski definition) is 2. The Morgan fingerprint density at radius 3 is 2.71 bits per heavy atom. The molecule has 1 amide bonds. The van der Waals surface area contributed by atoms with Gasteiger partial charge in [0.1, 0.15) is 5.75 Å². The molecule has 0 aliphatic rings. The standard InChI is InChI=1S/C13H20N2O2/c1-9(2)11-5-4-10(12(8-11)17-3)6-7-13(16)15-14/h4-5,8-9H,6-7,14H2,1-3H3,(H,15,16). The molecule has 0 aliphatic carbocycles. The van der Waals surface area contributed by atoms with Crippen molar-refractivity contribution in [3.05, 3.63) is 29.3 Å². The Bertz CT molecular complexity index is 389. The molecule has 0 aliphatic heterocycles. The van der Waals surface area contributed by atoms with Crippen molar-refractivity contribution in [2.45, 2.75) is 32.6 Å². The van der Waals surface area contributed by atoms with Crippen LogP contribution in [0, 0.1) is 0 Å². The molecule has 0 aromatic heterocycles. The van der Waals surface area contributed by atoms with Crippen molar-refractivity contribution in [2.24, 2.45) is 5.84 Å². The van der Waals surface area contributed by atoms with E-state index >= 15 is 0 Å². The average Bonchev–Trinajstić information content (AvgIpc) is 2.35. The molecule has 94 valence electrons. The number of methoxy groups -OCH3 is 1. The topological polar surface area (TPSA) is 64.3 Å². The van der Waals surface area contributed by atoms with E-state index < -0.39 is 0 Å². The summed E-state index contributed by atoms with van der Waals surface area (Å²) in [6.07, 6.45) is 0.998. The van der Waals surface area contributed by atoms with E-state index in [1.807, 2.05) is 12.1 Å². The number of ether oxygens (including phenoxy) is 1. The molecule has 0 spiro atoms. The largest absolute Gasteiger partial charge is 0.496 e. The van der Waals surface area contributed by atoms with E-state index in [2.05, 4.69) is 25.3 Å². The highest BCUT2D eigenvalue weighted by molar-refractivity contribution is 5.75. The third kappa shape index (κ3) is 3.75. The predicted molar refractivity (Wildman–Crippen MR) is 67.7 cm³/mol. The third-order valence-corrected chi connectivity index (χ3v) is 2.76. The van der Waals surface area contributed by atoms with Gasteiger partial charge in [-0.15, -0.1) is 0 Å². The Morgan fingerprint density at radius 2 is 2.18 bits per heavy atom. The SMILES string of the molecule is COc1cc(C(C)C)ccc1CCC(=O)NN. The van der Waals surface area contributed by atoms with Crippen LogP contribution in [0.3, 0.4) is 0 Å². The molecule has 4 nitrogen and oxygen atoms in total. The van der Waals surface area contributed by atoms with Gasteiger partial charge in [0.2, 0.25) is 5.91 Å². The minimum absolute atomic E-state index is 0.167. The van der Waals surface area contributed by atoms with Crippen LogP contribution in [-0.2, 0) is 11.2 Å². The van der Waals surface area contributed by atoms with Gasteiger partial charge in [-0.3, -0.25) is 10.2 Å². The van der Waals surface area contributed by atoms with Gasteiger partial charge >= 0.3 is 0 Å². The van der Waals surface area contributed by atoms with E-state index in [4.69, 9.17) is 10.6 Å². The van der Waals surface area contributed by atoms with Crippen molar-refractivity contribution in [3.63, 3.8) is 0 Å². The Kier molecular flexibility index (Phi) is 4.97. The summed E-state index contributed by atoms with van der Waals surface area (Å²) in [7, 11) is 1.64. The van der Waals surface area contributed by atoms with E-state index in [9.17, 15) is 4.79 Å². The van der Waals surface area contributed by atoms with E-state index in [1.165, 1.54) is 5.56 Å². The maximum absolute atomic E-state index is 11.1. The average molecular weight is 236 g/mol. The van der Waals surface area contributed by atoms with Gasteiger partial charge in [-0.25, -0.2) is 5.84 Å². The van der Waals surface area contributed by atoms with Crippen LogP contribution in [0.5, 0.6) is 5.75 Å². The fourth-order valence-corrected chi connectivity index (χ4v) is 1.65. The molecule has 0 radical (unpaired) electrons. The number of hydrazine groups is 1. The van der Waals surface area contributed by atoms with Crippen LogP contribution >= 0.6 is 0 Å². The molecule has 3 N–H and O–H groups in total. The van der Waals surface area contributed by atoms with Crippen LogP contribution < -0.4 is 16.0 Å². The summed E-state index contributed by atoms with van der Waals surface area (Å²) in [5, 5.41) is 0. The van der Waals surface area contributed by atoms with E-state index in [0.29, 0.717) is 18.8 Å². The van der Waals surface area contributed by atoms with Gasteiger partial charge in [0.05, 0.1) is 7.11 Å². The first-order chi connectivity index (χ1) is 8.08. The van der Waals surface area contributed by atoms with Crippen LogP contribution in [0.2, 0.25) is 0 Å². The number of carbonyl (C=O) groups is 1. The Morgan fingerprint density at radius 1 is 1.47 bits per heavy atom. The summed E-state index contributed by atoms with van der Waals surface area (Å²) in [5.41, 5.74) is 4.38. The van der Waals surface area contributed by atoms with Crippen LogP contribution in [0.1, 0.15) is 37.3 Å². The van der Waals surface area contributed by atoms with Crippen LogP contribution in [0.15, 0.2) is 18.2 Å². The zero-order chi connectivity index (χ0) is 12.8. The molecule has 0 bridgehead atoms. The summed E-state index contributed by atoms with van der Waals surface area (Å²) in [6.45, 7) is 4.27. The highest BCUT2D eigenvalue weighted by atomic mass is 16.5. The maximum Gasteiger partial charge on any atom is 0.234 e. The Balaban J connectivity index is 2.81. The van der Waals surface area contributed by atoms with Crippen molar-refractivity contribution in [1.82, 2.24) is 5.43 Å². The lowest BCUT2D eigenvalue weighted by Crippen LogP contribution is -2.30. The summed E-state index contributed by atoms with van der Waals surface area (Å²) in [5.74, 6) is 6.17. The summed E-state index contributed by atoms with van der Waals surface area (Å²) >= 11 is 0. The molecular formula is C13H20N2O2. The first-order valence-corrected chi connectivity index (χ1v) is 5.74. The van der Waals surface area contributed by atoms with Crippen molar-refractivity contribution in [3.8, 4) is 5.75 Å². The minimum atomic E-state index is -0.167. The van der Waals surface area contributed by atoms with E-state index in [0.717, 1.165) is 11.3 Å². The Labute approximate surface area is 102 Å². The summed E-state index contributed by atoms with van der Waals surface area (Å²) < 4.78 is 5.34. The van der Waals surface area contributed by atoms with Gasteiger partial charge in [0.15, 0.2) is 0 Å². The lowest BCUT2D eigenvalue weighted by Gasteiger charge is -2.12. The molecule has 0 atom stereocenters.